The van der Waals surface area contributed by atoms with E-state index in [0.29, 0.717) is 6.54 Å². The van der Waals surface area contributed by atoms with Gasteiger partial charge in [0, 0.05) is 38.7 Å². The van der Waals surface area contributed by atoms with E-state index in [2.05, 4.69) is 15.5 Å². The molecule has 3 amide bonds. The molecule has 0 saturated carbocycles. The molecule has 13 heteroatoms. The summed E-state index contributed by atoms with van der Waals surface area (Å²) in [7, 11) is 0. The van der Waals surface area contributed by atoms with Gasteiger partial charge in [0.1, 0.15) is 5.60 Å². The number of carbonyl (C=O) groups excluding carboxylic acids is 3. The van der Waals surface area contributed by atoms with Gasteiger partial charge in [-0.25, -0.2) is 4.79 Å². The summed E-state index contributed by atoms with van der Waals surface area (Å²) in [5, 5.41) is 9.42. The van der Waals surface area contributed by atoms with Crippen LogP contribution in [0.1, 0.15) is 45.8 Å². The number of alkyl carbamates (subject to hydrolysis) is 1. The molecule has 0 radical (unpaired) electrons. The minimum absolute atomic E-state index is 0.0353. The van der Waals surface area contributed by atoms with Crippen molar-refractivity contribution >= 4 is 17.9 Å². The van der Waals surface area contributed by atoms with Crippen molar-refractivity contribution in [3.8, 4) is 0 Å². The van der Waals surface area contributed by atoms with Crippen LogP contribution in [0.25, 0.3) is 0 Å². The summed E-state index contributed by atoms with van der Waals surface area (Å²) in [6, 6.07) is -0.749. The van der Waals surface area contributed by atoms with E-state index in [9.17, 15) is 27.6 Å². The fraction of sp³-hybridized carbons (Fsp3) is 0.650. The van der Waals surface area contributed by atoms with Crippen molar-refractivity contribution in [1.29, 1.82) is 0 Å². The molecular formula is C20H27F3N6O4. The van der Waals surface area contributed by atoms with Crippen molar-refractivity contribution in [3.63, 3.8) is 0 Å². The number of aromatic nitrogens is 3. The van der Waals surface area contributed by atoms with Gasteiger partial charge in [-0.3, -0.25) is 9.59 Å². The third-order valence-electron chi connectivity index (χ3n) is 5.06. The maximum absolute atomic E-state index is 13.0. The van der Waals surface area contributed by atoms with Crippen LogP contribution in [0.2, 0.25) is 0 Å². The first-order chi connectivity index (χ1) is 15.2. The zero-order chi connectivity index (χ0) is 24.6. The van der Waals surface area contributed by atoms with E-state index in [0.717, 1.165) is 10.1 Å². The summed E-state index contributed by atoms with van der Waals surface area (Å²) >= 11 is 0. The summed E-state index contributed by atoms with van der Waals surface area (Å²) in [6.07, 6.45) is -4.04. The summed E-state index contributed by atoms with van der Waals surface area (Å²) in [5.41, 5.74) is 0.103. The monoisotopic (exact) mass is 472 g/mol. The van der Waals surface area contributed by atoms with Crippen LogP contribution < -0.4 is 5.32 Å². The fourth-order valence-corrected chi connectivity index (χ4v) is 3.70. The van der Waals surface area contributed by atoms with Crippen LogP contribution in [0, 0.1) is 0 Å². The lowest BCUT2D eigenvalue weighted by molar-refractivity contribution is -0.148. The number of alkyl halides is 3. The summed E-state index contributed by atoms with van der Waals surface area (Å²) in [4.78, 5) is 40.3. The maximum atomic E-state index is 13.0. The zero-order valence-corrected chi connectivity index (χ0v) is 18.9. The molecule has 1 aromatic heterocycles. The highest BCUT2D eigenvalue weighted by molar-refractivity contribution is 5.91. The summed E-state index contributed by atoms with van der Waals surface area (Å²) < 4.78 is 45.3. The second-order valence-corrected chi connectivity index (χ2v) is 9.16. The van der Waals surface area contributed by atoms with Gasteiger partial charge in [-0.05, 0) is 33.3 Å². The zero-order valence-electron chi connectivity index (χ0n) is 18.9. The molecule has 0 saturated heterocycles. The Kier molecular flexibility index (Phi) is 6.70. The SMILES string of the molecule is CC1=CC(=O)N(CC(CC(=O)N2CCn3c(nnc3C(F)(F)F)C2)NC(=O)OC(C)(C)C)C1. The molecule has 3 heterocycles. The molecular weight excluding hydrogens is 445 g/mol. The number of hydrogen-bond donors (Lipinski definition) is 1. The number of nitrogens with one attached hydrogen (secondary N) is 1. The number of nitrogens with zero attached hydrogens (tertiary/aromatic N) is 5. The number of carbonyl (C=O) groups is 3. The number of rotatable bonds is 5. The standard InChI is InChI=1S/C20H27F3N6O4/c1-12-7-15(30)28(9-12)10-13(24-18(32)33-19(2,3)4)8-16(31)27-5-6-29-14(11-27)25-26-17(29)20(21,22)23/h7,13H,5-6,8-11H2,1-4H3,(H,24,32). The van der Waals surface area contributed by atoms with Crippen molar-refractivity contribution in [2.24, 2.45) is 0 Å². The number of halogens is 3. The predicted octanol–water partition coefficient (Wildman–Crippen LogP) is 1.71. The number of hydrogen-bond acceptors (Lipinski definition) is 6. The van der Waals surface area contributed by atoms with Gasteiger partial charge in [-0.1, -0.05) is 0 Å². The Bertz CT molecular complexity index is 966. The largest absolute Gasteiger partial charge is 0.451 e. The van der Waals surface area contributed by atoms with E-state index in [1.165, 1.54) is 15.9 Å². The molecule has 0 aromatic carbocycles. The second-order valence-electron chi connectivity index (χ2n) is 9.16. The van der Waals surface area contributed by atoms with Gasteiger partial charge < -0.3 is 24.4 Å². The second kappa shape index (κ2) is 9.02. The maximum Gasteiger partial charge on any atom is 0.451 e. The molecule has 0 fully saturated rings. The van der Waals surface area contributed by atoms with Crippen LogP contribution in [0.4, 0.5) is 18.0 Å². The molecule has 2 aliphatic heterocycles. The van der Waals surface area contributed by atoms with Crippen molar-refractivity contribution < 1.29 is 32.3 Å². The lowest BCUT2D eigenvalue weighted by Crippen LogP contribution is -2.49. The lowest BCUT2D eigenvalue weighted by Gasteiger charge is -2.31. The summed E-state index contributed by atoms with van der Waals surface area (Å²) in [6.45, 7) is 7.17. The Morgan fingerprint density at radius 1 is 1.18 bits per heavy atom. The Balaban J connectivity index is 1.68. The van der Waals surface area contributed by atoms with Gasteiger partial charge >= 0.3 is 12.3 Å². The Morgan fingerprint density at radius 3 is 2.45 bits per heavy atom. The fourth-order valence-electron chi connectivity index (χ4n) is 3.70. The smallest absolute Gasteiger partial charge is 0.444 e. The highest BCUT2D eigenvalue weighted by atomic mass is 19.4. The Morgan fingerprint density at radius 2 is 1.88 bits per heavy atom. The van der Waals surface area contributed by atoms with E-state index in [4.69, 9.17) is 4.74 Å². The molecule has 0 spiro atoms. The van der Waals surface area contributed by atoms with Crippen LogP contribution >= 0.6 is 0 Å². The van der Waals surface area contributed by atoms with Crippen molar-refractivity contribution in [2.45, 2.75) is 65.0 Å². The highest BCUT2D eigenvalue weighted by Crippen LogP contribution is 2.29. The molecule has 33 heavy (non-hydrogen) atoms. The molecule has 1 atom stereocenters. The van der Waals surface area contributed by atoms with E-state index >= 15 is 0 Å². The van der Waals surface area contributed by atoms with Gasteiger partial charge in [0.25, 0.3) is 0 Å². The molecule has 1 N–H and O–H groups in total. The van der Waals surface area contributed by atoms with E-state index in [-0.39, 0.29) is 44.3 Å². The van der Waals surface area contributed by atoms with Crippen LogP contribution in [-0.4, -0.2) is 73.7 Å². The molecule has 3 rings (SSSR count). The van der Waals surface area contributed by atoms with Crippen LogP contribution in [-0.2, 0) is 33.6 Å². The van der Waals surface area contributed by atoms with Gasteiger partial charge in [0.15, 0.2) is 5.82 Å². The molecule has 182 valence electrons. The average Bonchev–Trinajstić information content (AvgIpc) is 3.21. The Labute approximate surface area is 188 Å². The quantitative estimate of drug-likeness (QED) is 0.699. The first-order valence-electron chi connectivity index (χ1n) is 10.5. The number of fused-ring (bicyclic) bond motifs is 1. The highest BCUT2D eigenvalue weighted by Gasteiger charge is 2.40. The van der Waals surface area contributed by atoms with Gasteiger partial charge in [-0.2, -0.15) is 13.2 Å². The van der Waals surface area contributed by atoms with Crippen molar-refractivity contribution in [3.05, 3.63) is 23.3 Å². The van der Waals surface area contributed by atoms with Crippen molar-refractivity contribution in [2.75, 3.05) is 19.6 Å². The van der Waals surface area contributed by atoms with E-state index in [1.54, 1.807) is 27.7 Å². The molecule has 1 aromatic rings. The predicted molar refractivity (Wildman–Crippen MR) is 109 cm³/mol. The molecule has 0 bridgehead atoms. The van der Waals surface area contributed by atoms with E-state index < -0.39 is 35.6 Å². The molecule has 1 unspecified atom stereocenters. The first kappa shape index (κ1) is 24.5. The van der Waals surface area contributed by atoms with Crippen LogP contribution in [0.3, 0.4) is 0 Å². The van der Waals surface area contributed by atoms with Crippen molar-refractivity contribution in [1.82, 2.24) is 29.9 Å². The first-order valence-corrected chi connectivity index (χ1v) is 10.5. The minimum Gasteiger partial charge on any atom is -0.444 e. The lowest BCUT2D eigenvalue weighted by atomic mass is 10.1. The molecule has 0 aliphatic carbocycles. The third-order valence-corrected chi connectivity index (χ3v) is 5.06. The molecule has 2 aliphatic rings. The Hall–Kier alpha value is -3.12. The number of amides is 3. The average molecular weight is 472 g/mol. The van der Waals surface area contributed by atoms with Gasteiger partial charge in [-0.15, -0.1) is 10.2 Å². The number of ether oxygens (including phenoxy) is 1. The van der Waals surface area contributed by atoms with Gasteiger partial charge in [0.05, 0.1) is 12.6 Å². The normalized spacial score (nSPS) is 17.5. The third kappa shape index (κ3) is 6.23. The molecule has 10 nitrogen and oxygen atoms in total. The van der Waals surface area contributed by atoms with E-state index in [1.807, 2.05) is 0 Å². The van der Waals surface area contributed by atoms with Crippen LogP contribution in [0.5, 0.6) is 0 Å². The van der Waals surface area contributed by atoms with Crippen LogP contribution in [0.15, 0.2) is 11.6 Å². The van der Waals surface area contributed by atoms with Gasteiger partial charge in [0.2, 0.25) is 17.6 Å². The minimum atomic E-state index is -4.63. The topological polar surface area (TPSA) is 110 Å². The summed E-state index contributed by atoms with van der Waals surface area (Å²) in [5.74, 6) is -1.67.